The molecule has 0 atom stereocenters. The third-order valence-corrected chi connectivity index (χ3v) is 3.46. The van der Waals surface area contributed by atoms with Crippen LogP contribution < -0.4 is 9.80 Å². The fourth-order valence-electron chi connectivity index (χ4n) is 2.50. The van der Waals surface area contributed by atoms with Crippen LogP contribution in [0.4, 0.5) is 22.7 Å². The van der Waals surface area contributed by atoms with Crippen molar-refractivity contribution < 1.29 is 0 Å². The maximum atomic E-state index is 7.15. The van der Waals surface area contributed by atoms with Crippen LogP contribution in [0.3, 0.4) is 0 Å². The van der Waals surface area contributed by atoms with E-state index >= 15 is 0 Å². The lowest BCUT2D eigenvalue weighted by Crippen LogP contribution is -2.23. The molecule has 0 saturated heterocycles. The molecule has 0 saturated carbocycles. The quantitative estimate of drug-likeness (QED) is 0.705. The molecule has 2 aromatic carbocycles. The highest BCUT2D eigenvalue weighted by molar-refractivity contribution is 5.84. The van der Waals surface area contributed by atoms with E-state index in [1.165, 1.54) is 16.9 Å². The van der Waals surface area contributed by atoms with Gasteiger partial charge in [0.25, 0.3) is 0 Å². The molecule has 1 heterocycles. The van der Waals surface area contributed by atoms with Crippen molar-refractivity contribution in [3.8, 4) is 0 Å². The Morgan fingerprint density at radius 2 is 1.95 bits per heavy atom. The molecule has 1 aliphatic rings. The van der Waals surface area contributed by atoms with Crippen molar-refractivity contribution in [3.63, 3.8) is 0 Å². The van der Waals surface area contributed by atoms with E-state index < -0.39 is 0 Å². The molecule has 3 nitrogen and oxygen atoms in total. The smallest absolute Gasteiger partial charge is 0.189 e. The number of rotatable bonds is 1. The van der Waals surface area contributed by atoms with Crippen molar-refractivity contribution in [3.05, 3.63) is 59.4 Å². The number of hydrogen-bond acceptors (Lipinski definition) is 2. The average molecular weight is 249 g/mol. The van der Waals surface area contributed by atoms with Crippen LogP contribution in [-0.4, -0.2) is 13.7 Å². The molecule has 0 radical (unpaired) electrons. The molecular formula is C16H15N3. The third-order valence-electron chi connectivity index (χ3n) is 3.46. The van der Waals surface area contributed by atoms with Crippen molar-refractivity contribution in [1.82, 2.24) is 0 Å². The fraction of sp³-hybridized carbons (Fsp3) is 0.188. The van der Waals surface area contributed by atoms with Crippen LogP contribution in [0.5, 0.6) is 0 Å². The molecule has 2 aromatic rings. The maximum absolute atomic E-state index is 7.15. The second kappa shape index (κ2) is 4.33. The Morgan fingerprint density at radius 3 is 2.68 bits per heavy atom. The summed E-state index contributed by atoms with van der Waals surface area (Å²) in [5.41, 5.74) is 5.39. The first-order valence-corrected chi connectivity index (χ1v) is 6.26. The van der Waals surface area contributed by atoms with Crippen LogP contribution in [0, 0.1) is 13.5 Å². The first-order chi connectivity index (χ1) is 9.19. The summed E-state index contributed by atoms with van der Waals surface area (Å²) in [7, 11) is 2.08. The summed E-state index contributed by atoms with van der Waals surface area (Å²) < 4.78 is 0. The molecule has 3 heteroatoms. The molecular weight excluding hydrogens is 234 g/mol. The fourth-order valence-corrected chi connectivity index (χ4v) is 2.50. The predicted octanol–water partition coefficient (Wildman–Crippen LogP) is 4.09. The summed E-state index contributed by atoms with van der Waals surface area (Å²) in [5, 5.41) is 0. The van der Waals surface area contributed by atoms with Crippen molar-refractivity contribution >= 4 is 22.7 Å². The molecule has 0 fully saturated rings. The summed E-state index contributed by atoms with van der Waals surface area (Å²) in [6.07, 6.45) is 0. The molecule has 1 aliphatic heterocycles. The normalized spacial score (nSPS) is 13.3. The molecule has 0 unspecified atom stereocenters. The second-order valence-corrected chi connectivity index (χ2v) is 4.89. The number of aryl methyl sites for hydroxylation is 1. The highest BCUT2D eigenvalue weighted by atomic mass is 15.4. The zero-order valence-electron chi connectivity index (χ0n) is 11.1. The average Bonchev–Trinajstić information content (AvgIpc) is 2.75. The largest absolute Gasteiger partial charge is 0.355 e. The van der Waals surface area contributed by atoms with Crippen molar-refractivity contribution in [1.29, 1.82) is 0 Å². The second-order valence-electron chi connectivity index (χ2n) is 4.89. The van der Waals surface area contributed by atoms with Gasteiger partial charge in [0.15, 0.2) is 5.69 Å². The van der Waals surface area contributed by atoms with E-state index in [-0.39, 0.29) is 0 Å². The zero-order valence-corrected chi connectivity index (χ0v) is 11.1. The summed E-state index contributed by atoms with van der Waals surface area (Å²) in [6, 6.07) is 14.3. The van der Waals surface area contributed by atoms with Gasteiger partial charge >= 0.3 is 0 Å². The van der Waals surface area contributed by atoms with Crippen LogP contribution in [0.15, 0.2) is 42.5 Å². The van der Waals surface area contributed by atoms with Crippen LogP contribution >= 0.6 is 0 Å². The monoisotopic (exact) mass is 249 g/mol. The lowest BCUT2D eigenvalue weighted by atomic mass is 10.2. The molecule has 0 amide bonds. The van der Waals surface area contributed by atoms with E-state index in [0.717, 1.165) is 12.4 Å². The summed E-state index contributed by atoms with van der Waals surface area (Å²) in [4.78, 5) is 7.97. The van der Waals surface area contributed by atoms with Gasteiger partial charge in [0.05, 0.1) is 24.6 Å². The van der Waals surface area contributed by atoms with Gasteiger partial charge in [-0.3, -0.25) is 0 Å². The number of hydrogen-bond donors (Lipinski definition) is 0. The Hall–Kier alpha value is -2.47. The van der Waals surface area contributed by atoms with Gasteiger partial charge < -0.3 is 9.80 Å². The highest BCUT2D eigenvalue weighted by Crippen LogP contribution is 2.41. The lowest BCUT2D eigenvalue weighted by molar-refractivity contribution is 0.949. The Labute approximate surface area is 113 Å². The highest BCUT2D eigenvalue weighted by Gasteiger charge is 2.24. The van der Waals surface area contributed by atoms with Crippen LogP contribution in [0.1, 0.15) is 5.56 Å². The molecule has 94 valence electrons. The van der Waals surface area contributed by atoms with Gasteiger partial charge in [-0.1, -0.05) is 18.2 Å². The van der Waals surface area contributed by atoms with Crippen LogP contribution in [0.2, 0.25) is 0 Å². The van der Waals surface area contributed by atoms with Crippen LogP contribution in [-0.2, 0) is 0 Å². The zero-order chi connectivity index (χ0) is 13.4. The predicted molar refractivity (Wildman–Crippen MR) is 79.3 cm³/mol. The Bertz CT molecular complexity index is 670. The number of benzene rings is 2. The number of fused-ring (bicyclic) bond motifs is 1. The summed E-state index contributed by atoms with van der Waals surface area (Å²) in [5.74, 6) is 0. The van der Waals surface area contributed by atoms with E-state index in [1.807, 2.05) is 18.2 Å². The molecule has 0 bridgehead atoms. The molecule has 3 rings (SSSR count). The number of nitrogens with zero attached hydrogens (tertiary/aromatic N) is 3. The van der Waals surface area contributed by atoms with E-state index in [2.05, 4.69) is 52.9 Å². The first kappa shape index (κ1) is 11.6. The van der Waals surface area contributed by atoms with E-state index in [0.29, 0.717) is 5.69 Å². The van der Waals surface area contributed by atoms with Crippen molar-refractivity contribution in [2.45, 2.75) is 6.92 Å². The van der Waals surface area contributed by atoms with Gasteiger partial charge in [0.1, 0.15) is 0 Å². The van der Waals surface area contributed by atoms with Gasteiger partial charge in [-0.05, 0) is 36.8 Å². The van der Waals surface area contributed by atoms with Gasteiger partial charge in [-0.15, -0.1) is 0 Å². The van der Waals surface area contributed by atoms with Gasteiger partial charge in [0.2, 0.25) is 0 Å². The summed E-state index contributed by atoms with van der Waals surface area (Å²) in [6.45, 7) is 10.1. The minimum absolute atomic E-state index is 0.687. The summed E-state index contributed by atoms with van der Waals surface area (Å²) >= 11 is 0. The number of anilines is 3. The van der Waals surface area contributed by atoms with Crippen LogP contribution in [0.25, 0.3) is 4.85 Å². The standard InChI is InChI=1S/C16H15N3/c1-12-5-4-6-14(9-12)19-11-18(3)15-8-7-13(17-2)10-16(15)19/h4-10H,11H2,1,3H3. The Balaban J connectivity index is 2.11. The minimum Gasteiger partial charge on any atom is -0.355 e. The Kier molecular flexibility index (Phi) is 2.64. The van der Waals surface area contributed by atoms with E-state index in [1.54, 1.807) is 0 Å². The lowest BCUT2D eigenvalue weighted by Gasteiger charge is -2.20. The molecule has 19 heavy (non-hydrogen) atoms. The van der Waals surface area contributed by atoms with Crippen molar-refractivity contribution in [2.75, 3.05) is 23.5 Å². The molecule has 0 aliphatic carbocycles. The first-order valence-electron chi connectivity index (χ1n) is 6.26. The van der Waals surface area contributed by atoms with Crippen molar-refractivity contribution in [2.24, 2.45) is 0 Å². The van der Waals surface area contributed by atoms with E-state index in [4.69, 9.17) is 6.57 Å². The third kappa shape index (κ3) is 1.92. The molecule has 0 spiro atoms. The van der Waals surface area contributed by atoms with Gasteiger partial charge in [-0.25, -0.2) is 4.85 Å². The molecule has 0 aromatic heterocycles. The Morgan fingerprint density at radius 1 is 1.11 bits per heavy atom. The van der Waals surface area contributed by atoms with E-state index in [9.17, 15) is 0 Å². The minimum atomic E-state index is 0.687. The SMILES string of the molecule is [C-]#[N+]c1ccc2c(c1)N(c1cccc(C)c1)CN2C. The maximum Gasteiger partial charge on any atom is 0.189 e. The van der Waals surface area contributed by atoms with Gasteiger partial charge in [-0.2, -0.15) is 0 Å². The molecule has 0 N–H and O–H groups in total. The van der Waals surface area contributed by atoms with Gasteiger partial charge in [0, 0.05) is 12.7 Å². The topological polar surface area (TPSA) is 10.8 Å².